The number of anilines is 2. The summed E-state index contributed by atoms with van der Waals surface area (Å²) in [5, 5.41) is 2.56. The van der Waals surface area contributed by atoms with Crippen LogP contribution >= 0.6 is 0 Å². The van der Waals surface area contributed by atoms with E-state index in [1.54, 1.807) is 24.3 Å². The van der Waals surface area contributed by atoms with Crippen LogP contribution in [0.25, 0.3) is 0 Å². The van der Waals surface area contributed by atoms with Crippen LogP contribution in [0, 0.1) is 12.7 Å². The highest BCUT2D eigenvalue weighted by Gasteiger charge is 2.46. The van der Waals surface area contributed by atoms with E-state index >= 15 is 0 Å². The molecule has 3 rings (SSSR count). The predicted octanol–water partition coefficient (Wildman–Crippen LogP) is 3.49. The third-order valence-electron chi connectivity index (χ3n) is 4.39. The van der Waals surface area contributed by atoms with Crippen LogP contribution < -0.4 is 10.2 Å². The van der Waals surface area contributed by atoms with Gasteiger partial charge in [0.05, 0.1) is 12.1 Å². The fourth-order valence-corrected chi connectivity index (χ4v) is 3.14. The Hall–Kier alpha value is -3.48. The molecule has 1 saturated heterocycles. The van der Waals surface area contributed by atoms with Crippen LogP contribution in [0.15, 0.2) is 61.2 Å². The zero-order valence-electron chi connectivity index (χ0n) is 15.4. The molecule has 4 amide bonds. The van der Waals surface area contributed by atoms with E-state index in [1.165, 1.54) is 29.2 Å². The highest BCUT2D eigenvalue weighted by molar-refractivity contribution is 6.22. The molecule has 2 aromatic carbocycles. The first-order valence-corrected chi connectivity index (χ1v) is 8.78. The molecule has 7 heteroatoms. The van der Waals surface area contributed by atoms with Crippen molar-refractivity contribution in [2.45, 2.75) is 19.4 Å². The summed E-state index contributed by atoms with van der Waals surface area (Å²) in [5.41, 5.74) is 1.64. The summed E-state index contributed by atoms with van der Waals surface area (Å²) in [4.78, 5) is 40.6. The molecule has 1 atom stereocenters. The molecule has 0 spiro atoms. The molecular formula is C21H20FN3O3. The molecule has 144 valence electrons. The van der Waals surface area contributed by atoms with Crippen LogP contribution in [0.3, 0.4) is 0 Å². The molecule has 28 heavy (non-hydrogen) atoms. The second kappa shape index (κ2) is 8.04. The summed E-state index contributed by atoms with van der Waals surface area (Å²) >= 11 is 0. The van der Waals surface area contributed by atoms with Crippen molar-refractivity contribution in [1.29, 1.82) is 0 Å². The maximum atomic E-state index is 13.3. The van der Waals surface area contributed by atoms with Gasteiger partial charge in [0.15, 0.2) is 0 Å². The summed E-state index contributed by atoms with van der Waals surface area (Å²) in [5.74, 6) is -1.45. The van der Waals surface area contributed by atoms with E-state index in [0.717, 1.165) is 10.5 Å². The third kappa shape index (κ3) is 3.93. The number of urea groups is 1. The predicted molar refractivity (Wildman–Crippen MR) is 104 cm³/mol. The molecule has 0 aliphatic carbocycles. The normalized spacial score (nSPS) is 16.4. The summed E-state index contributed by atoms with van der Waals surface area (Å²) < 4.78 is 13.3. The summed E-state index contributed by atoms with van der Waals surface area (Å²) in [6.07, 6.45) is 1.26. The minimum atomic E-state index is -0.959. The number of halogens is 1. The van der Waals surface area contributed by atoms with Gasteiger partial charge in [-0.3, -0.25) is 9.59 Å². The lowest BCUT2D eigenvalue weighted by molar-refractivity contribution is -0.124. The molecule has 0 saturated carbocycles. The Morgan fingerprint density at radius 3 is 2.64 bits per heavy atom. The number of hydrogen-bond donors (Lipinski definition) is 1. The van der Waals surface area contributed by atoms with Crippen molar-refractivity contribution < 1.29 is 18.8 Å². The van der Waals surface area contributed by atoms with Gasteiger partial charge >= 0.3 is 6.03 Å². The fraction of sp³-hybridized carbons (Fsp3) is 0.190. The zero-order chi connectivity index (χ0) is 20.3. The summed E-state index contributed by atoms with van der Waals surface area (Å²) in [6, 6.07) is 11.0. The lowest BCUT2D eigenvalue weighted by Gasteiger charge is -2.19. The Morgan fingerprint density at radius 2 is 1.96 bits per heavy atom. The standard InChI is InChI=1S/C21H20FN3O3/c1-3-10-24-18(13-19(26)23-16-8-5-7-15(22)12-16)20(27)25(21(24)28)17-9-4-6-14(2)11-17/h3-9,11-12,18H,1,10,13H2,2H3,(H,23,26)/t18-/m0/s1. The van der Waals surface area contributed by atoms with Crippen LogP contribution in [0.2, 0.25) is 0 Å². The molecule has 1 heterocycles. The molecule has 1 N–H and O–H groups in total. The van der Waals surface area contributed by atoms with Gasteiger partial charge in [0, 0.05) is 12.2 Å². The Morgan fingerprint density at radius 1 is 1.21 bits per heavy atom. The summed E-state index contributed by atoms with van der Waals surface area (Å²) in [6.45, 7) is 5.61. The number of benzene rings is 2. The summed E-state index contributed by atoms with van der Waals surface area (Å²) in [7, 11) is 0. The van der Waals surface area contributed by atoms with E-state index < -0.39 is 29.7 Å². The average molecular weight is 381 g/mol. The van der Waals surface area contributed by atoms with Crippen LogP contribution in [0.1, 0.15) is 12.0 Å². The number of carbonyl (C=O) groups excluding carboxylic acids is 3. The monoisotopic (exact) mass is 381 g/mol. The molecule has 1 aliphatic rings. The van der Waals surface area contributed by atoms with Gasteiger partial charge in [-0.15, -0.1) is 6.58 Å². The number of imide groups is 1. The van der Waals surface area contributed by atoms with Crippen LogP contribution in [-0.4, -0.2) is 35.3 Å². The van der Waals surface area contributed by atoms with Crippen LogP contribution in [0.5, 0.6) is 0 Å². The highest BCUT2D eigenvalue weighted by Crippen LogP contribution is 2.27. The zero-order valence-corrected chi connectivity index (χ0v) is 15.4. The molecule has 1 fully saturated rings. The molecule has 0 aromatic heterocycles. The molecular weight excluding hydrogens is 361 g/mol. The Bertz CT molecular complexity index is 944. The first kappa shape index (κ1) is 19.3. The van der Waals surface area contributed by atoms with Gasteiger partial charge in [-0.05, 0) is 42.8 Å². The molecule has 6 nitrogen and oxygen atoms in total. The van der Waals surface area contributed by atoms with Crippen molar-refractivity contribution in [1.82, 2.24) is 4.90 Å². The minimum absolute atomic E-state index is 0.130. The van der Waals surface area contributed by atoms with Crippen LogP contribution in [-0.2, 0) is 9.59 Å². The molecule has 0 unspecified atom stereocenters. The maximum Gasteiger partial charge on any atom is 0.332 e. The number of carbonyl (C=O) groups is 3. The fourth-order valence-electron chi connectivity index (χ4n) is 3.14. The molecule has 2 aromatic rings. The number of aryl methyl sites for hydroxylation is 1. The van der Waals surface area contributed by atoms with Gasteiger partial charge in [-0.2, -0.15) is 0 Å². The number of rotatable bonds is 6. The van der Waals surface area contributed by atoms with Crippen molar-refractivity contribution in [2.24, 2.45) is 0 Å². The van der Waals surface area contributed by atoms with Crippen molar-refractivity contribution in [3.8, 4) is 0 Å². The van der Waals surface area contributed by atoms with E-state index in [9.17, 15) is 18.8 Å². The van der Waals surface area contributed by atoms with E-state index in [0.29, 0.717) is 5.69 Å². The minimum Gasteiger partial charge on any atom is -0.326 e. The van der Waals surface area contributed by atoms with Crippen molar-refractivity contribution in [3.05, 3.63) is 72.6 Å². The van der Waals surface area contributed by atoms with Crippen molar-refractivity contribution >= 4 is 29.2 Å². The quantitative estimate of drug-likeness (QED) is 0.615. The molecule has 0 radical (unpaired) electrons. The van der Waals surface area contributed by atoms with Crippen molar-refractivity contribution in [2.75, 3.05) is 16.8 Å². The lowest BCUT2D eigenvalue weighted by atomic mass is 10.1. The Kier molecular flexibility index (Phi) is 5.54. The van der Waals surface area contributed by atoms with Gasteiger partial charge in [0.1, 0.15) is 11.9 Å². The maximum absolute atomic E-state index is 13.3. The molecule has 1 aliphatic heterocycles. The van der Waals surface area contributed by atoms with E-state index in [2.05, 4.69) is 11.9 Å². The Labute approximate surface area is 162 Å². The molecule has 0 bridgehead atoms. The first-order chi connectivity index (χ1) is 13.4. The van der Waals surface area contributed by atoms with Gasteiger partial charge in [0.2, 0.25) is 5.91 Å². The van der Waals surface area contributed by atoms with Gasteiger partial charge < -0.3 is 10.2 Å². The van der Waals surface area contributed by atoms with E-state index in [-0.39, 0.29) is 18.7 Å². The van der Waals surface area contributed by atoms with Crippen LogP contribution in [0.4, 0.5) is 20.6 Å². The SMILES string of the molecule is C=CCN1C(=O)N(c2cccc(C)c2)C(=O)[C@@H]1CC(=O)Nc1cccc(F)c1. The lowest BCUT2D eigenvalue weighted by Crippen LogP contribution is -2.38. The number of amides is 4. The highest BCUT2D eigenvalue weighted by atomic mass is 19.1. The number of hydrogen-bond acceptors (Lipinski definition) is 3. The average Bonchev–Trinajstić information content (AvgIpc) is 2.86. The second-order valence-electron chi connectivity index (χ2n) is 6.51. The van der Waals surface area contributed by atoms with Crippen molar-refractivity contribution in [3.63, 3.8) is 0 Å². The van der Waals surface area contributed by atoms with Gasteiger partial charge in [0.25, 0.3) is 5.91 Å². The van der Waals surface area contributed by atoms with E-state index in [1.807, 2.05) is 13.0 Å². The van der Waals surface area contributed by atoms with Gasteiger partial charge in [-0.1, -0.05) is 24.3 Å². The Balaban J connectivity index is 1.82. The van der Waals surface area contributed by atoms with Gasteiger partial charge in [-0.25, -0.2) is 14.1 Å². The second-order valence-corrected chi connectivity index (χ2v) is 6.51. The topological polar surface area (TPSA) is 69.7 Å². The third-order valence-corrected chi connectivity index (χ3v) is 4.39. The van der Waals surface area contributed by atoms with E-state index in [4.69, 9.17) is 0 Å². The smallest absolute Gasteiger partial charge is 0.326 e. The largest absolute Gasteiger partial charge is 0.332 e. The first-order valence-electron chi connectivity index (χ1n) is 8.78. The number of nitrogens with zero attached hydrogens (tertiary/aromatic N) is 2. The number of nitrogens with one attached hydrogen (secondary N) is 1.